The highest BCUT2D eigenvalue weighted by molar-refractivity contribution is 6.10. The van der Waals surface area contributed by atoms with Gasteiger partial charge in [-0.25, -0.2) is 15.0 Å². The van der Waals surface area contributed by atoms with Crippen molar-refractivity contribution in [2.24, 2.45) is 0 Å². The van der Waals surface area contributed by atoms with Crippen molar-refractivity contribution in [2.45, 2.75) is 12.0 Å². The summed E-state index contributed by atoms with van der Waals surface area (Å²) in [4.78, 5) is 17.4. The number of fused-ring (bicyclic) bond motifs is 6. The molecule has 3 heterocycles. The van der Waals surface area contributed by atoms with E-state index in [-0.39, 0.29) is 12.0 Å². The van der Waals surface area contributed by atoms with Gasteiger partial charge in [0.2, 0.25) is 0 Å². The number of hydrogen-bond donors (Lipinski definition) is 0. The van der Waals surface area contributed by atoms with E-state index in [1.807, 2.05) is 60.7 Å². The van der Waals surface area contributed by atoms with Gasteiger partial charge < -0.3 is 9.47 Å². The Morgan fingerprint density at radius 2 is 0.887 bits per heavy atom. The normalized spacial score (nSPS) is 15.4. The fourth-order valence-corrected chi connectivity index (χ4v) is 9.41. The summed E-state index contributed by atoms with van der Waals surface area (Å²) in [5.41, 5.74) is 14.9. The third kappa shape index (κ3) is 6.13. The number of benzene rings is 8. The molecule has 5 heteroatoms. The molecule has 0 saturated carbocycles. The van der Waals surface area contributed by atoms with Gasteiger partial charge in [0.25, 0.3) is 0 Å². The zero-order chi connectivity index (χ0) is 41.0. The minimum atomic E-state index is 0.185. The Kier molecular flexibility index (Phi) is 8.56. The second-order valence-corrected chi connectivity index (χ2v) is 16.0. The lowest BCUT2D eigenvalue weighted by molar-refractivity contribution is 0.747. The van der Waals surface area contributed by atoms with Crippen LogP contribution in [-0.2, 0) is 0 Å². The van der Waals surface area contributed by atoms with E-state index in [4.69, 9.17) is 15.0 Å². The number of allylic oxidation sites excluding steroid dienone is 2. The van der Waals surface area contributed by atoms with Gasteiger partial charge in [-0.2, -0.15) is 0 Å². The summed E-state index contributed by atoms with van der Waals surface area (Å²) in [7, 11) is 0. The Hall–Kier alpha value is -8.15. The number of anilines is 2. The van der Waals surface area contributed by atoms with E-state index in [2.05, 4.69) is 173 Å². The molecular formula is C57H39N5. The molecule has 0 bridgehead atoms. The zero-order valence-corrected chi connectivity index (χ0v) is 33.8. The summed E-state index contributed by atoms with van der Waals surface area (Å²) >= 11 is 0. The van der Waals surface area contributed by atoms with Crippen LogP contribution in [-0.4, -0.2) is 25.6 Å². The van der Waals surface area contributed by atoms with Gasteiger partial charge in [-0.05, 0) is 82.4 Å². The van der Waals surface area contributed by atoms with Gasteiger partial charge in [0.05, 0.1) is 17.1 Å². The van der Waals surface area contributed by atoms with Crippen molar-refractivity contribution < 1.29 is 0 Å². The lowest BCUT2D eigenvalue weighted by Gasteiger charge is -2.30. The van der Waals surface area contributed by atoms with E-state index >= 15 is 0 Å². The molecule has 12 rings (SSSR count). The number of rotatable bonds is 7. The summed E-state index contributed by atoms with van der Waals surface area (Å²) in [6, 6.07) is 73.2. The van der Waals surface area contributed by atoms with E-state index in [0.717, 1.165) is 33.4 Å². The van der Waals surface area contributed by atoms with E-state index < -0.39 is 0 Å². The summed E-state index contributed by atoms with van der Waals surface area (Å²) < 4.78 is 2.39. The van der Waals surface area contributed by atoms with Gasteiger partial charge in [-0.1, -0.05) is 170 Å². The van der Waals surface area contributed by atoms with Crippen LogP contribution < -0.4 is 4.90 Å². The molecule has 0 N–H and O–H groups in total. The van der Waals surface area contributed by atoms with Crippen LogP contribution in [0.4, 0.5) is 11.4 Å². The van der Waals surface area contributed by atoms with Crippen LogP contribution in [0.2, 0.25) is 0 Å². The predicted molar refractivity (Wildman–Crippen MR) is 255 cm³/mol. The molecule has 2 atom stereocenters. The SMILES string of the molecule is C1=CC2C(C=C1c1ccc3c4ccccc4n(-c4ccc(-c5nc(-c6ccccc6)nc(-c6ccccc6)n5)cc4)c3c1)c1ccccc1N2c1ccc(-c2ccccc2)cc1. The monoisotopic (exact) mass is 793 g/mol. The molecule has 0 amide bonds. The van der Waals surface area contributed by atoms with Crippen molar-refractivity contribution in [3.8, 4) is 51.0 Å². The first-order valence-electron chi connectivity index (χ1n) is 21.2. The fourth-order valence-electron chi connectivity index (χ4n) is 9.41. The Labute approximate surface area is 360 Å². The van der Waals surface area contributed by atoms with Gasteiger partial charge >= 0.3 is 0 Å². The molecule has 0 saturated heterocycles. The van der Waals surface area contributed by atoms with Crippen molar-refractivity contribution in [1.82, 2.24) is 19.5 Å². The molecule has 1 aliphatic carbocycles. The summed E-state index contributed by atoms with van der Waals surface area (Å²) in [5.74, 6) is 2.16. The average molecular weight is 794 g/mol. The topological polar surface area (TPSA) is 46.8 Å². The van der Waals surface area contributed by atoms with Crippen LogP contribution in [0.25, 0.3) is 78.4 Å². The van der Waals surface area contributed by atoms with Crippen LogP contribution in [0.1, 0.15) is 17.0 Å². The lowest BCUT2D eigenvalue weighted by atomic mass is 9.86. The maximum absolute atomic E-state index is 4.98. The summed E-state index contributed by atoms with van der Waals surface area (Å²) in [5, 5.41) is 2.45. The van der Waals surface area contributed by atoms with Crippen LogP contribution >= 0.6 is 0 Å². The van der Waals surface area contributed by atoms with Crippen LogP contribution in [0.3, 0.4) is 0 Å². The van der Waals surface area contributed by atoms with Crippen LogP contribution in [0.5, 0.6) is 0 Å². The second kappa shape index (κ2) is 14.8. The standard InChI is InChI=1S/C57H39N5/c1-4-14-38(15-5-1)39-24-30-45(31-25-39)61-52-23-13-11-21-48(52)50-36-43(29-35-53(50)61)44-28-34-49-47-20-10-12-22-51(47)62(54(49)37-44)46-32-26-42(27-33-46)57-59-55(40-16-6-2-7-17-40)58-56(60-57)41-18-8-3-9-19-41/h1-37,50,53H. The van der Waals surface area contributed by atoms with Crippen molar-refractivity contribution in [2.75, 3.05) is 4.90 Å². The van der Waals surface area contributed by atoms with Gasteiger partial charge in [0, 0.05) is 50.4 Å². The molecule has 5 nitrogen and oxygen atoms in total. The highest BCUT2D eigenvalue weighted by Crippen LogP contribution is 2.49. The van der Waals surface area contributed by atoms with Crippen molar-refractivity contribution in [1.29, 1.82) is 0 Å². The van der Waals surface area contributed by atoms with Crippen molar-refractivity contribution >= 4 is 38.8 Å². The Morgan fingerprint density at radius 1 is 0.387 bits per heavy atom. The third-order valence-corrected chi connectivity index (χ3v) is 12.4. The Balaban J connectivity index is 0.909. The van der Waals surface area contributed by atoms with Crippen LogP contribution in [0, 0.1) is 0 Å². The summed E-state index contributed by atoms with van der Waals surface area (Å²) in [6.45, 7) is 0. The number of nitrogens with zero attached hydrogens (tertiary/aromatic N) is 5. The van der Waals surface area contributed by atoms with Gasteiger partial charge in [-0.3, -0.25) is 0 Å². The van der Waals surface area contributed by atoms with Crippen molar-refractivity contribution in [3.63, 3.8) is 0 Å². The molecule has 292 valence electrons. The smallest absolute Gasteiger partial charge is 0.164 e. The van der Waals surface area contributed by atoms with Gasteiger partial charge in [0.15, 0.2) is 17.5 Å². The molecule has 2 aliphatic rings. The first-order chi connectivity index (χ1) is 30.7. The first-order valence-corrected chi connectivity index (χ1v) is 21.2. The molecule has 2 aromatic heterocycles. The van der Waals surface area contributed by atoms with Gasteiger partial charge in [0.1, 0.15) is 0 Å². The Bertz CT molecular complexity index is 3280. The van der Waals surface area contributed by atoms with E-state index in [9.17, 15) is 0 Å². The molecule has 0 fully saturated rings. The minimum Gasteiger partial charge on any atom is -0.333 e. The second-order valence-electron chi connectivity index (χ2n) is 16.0. The maximum atomic E-state index is 4.98. The number of para-hydroxylation sites is 2. The number of hydrogen-bond acceptors (Lipinski definition) is 4. The number of aromatic nitrogens is 4. The minimum absolute atomic E-state index is 0.185. The lowest BCUT2D eigenvalue weighted by Crippen LogP contribution is -2.28. The molecule has 2 unspecified atom stereocenters. The van der Waals surface area contributed by atoms with Crippen LogP contribution in [0.15, 0.2) is 224 Å². The molecular weight excluding hydrogens is 755 g/mol. The maximum Gasteiger partial charge on any atom is 0.164 e. The third-order valence-electron chi connectivity index (χ3n) is 12.4. The molecule has 1 aliphatic heterocycles. The molecule has 8 aromatic carbocycles. The highest BCUT2D eigenvalue weighted by Gasteiger charge is 2.38. The largest absolute Gasteiger partial charge is 0.333 e. The highest BCUT2D eigenvalue weighted by atomic mass is 15.2. The van der Waals surface area contributed by atoms with E-state index in [0.29, 0.717) is 17.5 Å². The molecule has 0 spiro atoms. The van der Waals surface area contributed by atoms with E-state index in [1.165, 1.54) is 50.0 Å². The average Bonchev–Trinajstić information content (AvgIpc) is 3.87. The van der Waals surface area contributed by atoms with E-state index in [1.54, 1.807) is 0 Å². The molecule has 62 heavy (non-hydrogen) atoms. The molecule has 10 aromatic rings. The van der Waals surface area contributed by atoms with Gasteiger partial charge in [-0.15, -0.1) is 0 Å². The Morgan fingerprint density at radius 3 is 1.56 bits per heavy atom. The fraction of sp³-hybridized carbons (Fsp3) is 0.0351. The predicted octanol–water partition coefficient (Wildman–Crippen LogP) is 13.9. The quantitative estimate of drug-likeness (QED) is 0.161. The molecule has 0 radical (unpaired) electrons. The first kappa shape index (κ1) is 35.8. The summed E-state index contributed by atoms with van der Waals surface area (Å²) in [6.07, 6.45) is 7.20. The van der Waals surface area contributed by atoms with Crippen molar-refractivity contribution in [3.05, 3.63) is 236 Å². The zero-order valence-electron chi connectivity index (χ0n) is 33.8.